The first-order valence-corrected chi connectivity index (χ1v) is 7.22. The first-order chi connectivity index (χ1) is 9.15. The minimum Gasteiger partial charge on any atom is -0.353 e. The van der Waals surface area contributed by atoms with Gasteiger partial charge in [-0.25, -0.2) is 4.39 Å². The Morgan fingerprint density at radius 3 is 2.58 bits per heavy atom. The highest BCUT2D eigenvalue weighted by Gasteiger charge is 2.22. The number of carbonyl (C=O) groups is 2. The van der Waals surface area contributed by atoms with E-state index in [9.17, 15) is 14.0 Å². The van der Waals surface area contributed by atoms with E-state index < -0.39 is 5.82 Å². The Morgan fingerprint density at radius 1 is 1.21 bits per heavy atom. The normalized spacial score (nSPS) is 13.9. The van der Waals surface area contributed by atoms with Crippen molar-refractivity contribution >= 4 is 29.3 Å². The third-order valence-electron chi connectivity index (χ3n) is 2.56. The highest BCUT2D eigenvalue weighted by Crippen LogP contribution is 2.18. The minimum absolute atomic E-state index is 0.0498. The third kappa shape index (κ3) is 4.90. The maximum Gasteiger partial charge on any atom is 0.234 e. The van der Waals surface area contributed by atoms with E-state index in [0.29, 0.717) is 6.04 Å². The molecule has 0 spiro atoms. The standard InChI is InChI=1S/C13H15FN2O2S/c14-10-3-1-2-4-11(10)16-13(18)8-19-7-12(17)15-9-5-6-9/h1-4,9H,5-8H2,(H,15,17)(H,16,18). The van der Waals surface area contributed by atoms with Crippen molar-refractivity contribution < 1.29 is 14.0 Å². The summed E-state index contributed by atoms with van der Waals surface area (Å²) in [4.78, 5) is 22.9. The number of hydrogen-bond acceptors (Lipinski definition) is 3. The quantitative estimate of drug-likeness (QED) is 0.836. The molecule has 0 atom stereocenters. The van der Waals surface area contributed by atoms with Crippen LogP contribution in [0.1, 0.15) is 12.8 Å². The second kappa shape index (κ2) is 6.56. The number of thioether (sulfide) groups is 1. The van der Waals surface area contributed by atoms with Crippen LogP contribution in [0.2, 0.25) is 0 Å². The predicted molar refractivity (Wildman–Crippen MR) is 73.5 cm³/mol. The first kappa shape index (κ1) is 13.9. The molecule has 0 aromatic heterocycles. The van der Waals surface area contributed by atoms with Crippen LogP contribution in [-0.4, -0.2) is 29.4 Å². The molecule has 1 aromatic rings. The van der Waals surface area contributed by atoms with E-state index in [1.54, 1.807) is 12.1 Å². The van der Waals surface area contributed by atoms with E-state index in [2.05, 4.69) is 10.6 Å². The fraction of sp³-hybridized carbons (Fsp3) is 0.385. The van der Waals surface area contributed by atoms with Crippen LogP contribution in [0, 0.1) is 5.82 Å². The van der Waals surface area contributed by atoms with E-state index in [4.69, 9.17) is 0 Å². The molecule has 1 fully saturated rings. The van der Waals surface area contributed by atoms with Gasteiger partial charge in [0.2, 0.25) is 11.8 Å². The van der Waals surface area contributed by atoms with Crippen molar-refractivity contribution in [1.82, 2.24) is 5.32 Å². The fourth-order valence-corrected chi connectivity index (χ4v) is 2.11. The topological polar surface area (TPSA) is 58.2 Å². The predicted octanol–water partition coefficient (Wildman–Crippen LogP) is 1.78. The van der Waals surface area contributed by atoms with Gasteiger partial charge in [0.1, 0.15) is 5.82 Å². The number of carbonyl (C=O) groups excluding carboxylic acids is 2. The summed E-state index contributed by atoms with van der Waals surface area (Å²) in [6, 6.07) is 6.32. The fourth-order valence-electron chi connectivity index (χ4n) is 1.48. The molecule has 6 heteroatoms. The summed E-state index contributed by atoms with van der Waals surface area (Å²) in [7, 11) is 0. The van der Waals surface area contributed by atoms with Crippen molar-refractivity contribution in [2.24, 2.45) is 0 Å². The number of rotatable bonds is 6. The molecule has 0 unspecified atom stereocenters. The number of nitrogens with one attached hydrogen (secondary N) is 2. The summed E-state index contributed by atoms with van der Waals surface area (Å²) >= 11 is 1.22. The lowest BCUT2D eigenvalue weighted by atomic mass is 10.3. The number of para-hydroxylation sites is 1. The molecule has 102 valence electrons. The Hall–Kier alpha value is -1.56. The summed E-state index contributed by atoms with van der Waals surface area (Å²) in [5.41, 5.74) is 0.163. The molecule has 1 aliphatic carbocycles. The largest absolute Gasteiger partial charge is 0.353 e. The molecule has 19 heavy (non-hydrogen) atoms. The van der Waals surface area contributed by atoms with E-state index >= 15 is 0 Å². The van der Waals surface area contributed by atoms with Crippen LogP contribution >= 0.6 is 11.8 Å². The second-order valence-electron chi connectivity index (χ2n) is 4.36. The summed E-state index contributed by atoms with van der Waals surface area (Å²) < 4.78 is 13.3. The van der Waals surface area contributed by atoms with Gasteiger partial charge in [0.25, 0.3) is 0 Å². The summed E-state index contributed by atoms with van der Waals surface area (Å²) in [5, 5.41) is 5.31. The van der Waals surface area contributed by atoms with Crippen LogP contribution in [-0.2, 0) is 9.59 Å². The maximum absolute atomic E-state index is 13.3. The molecule has 1 saturated carbocycles. The van der Waals surface area contributed by atoms with Crippen molar-refractivity contribution in [3.8, 4) is 0 Å². The Morgan fingerprint density at radius 2 is 1.89 bits per heavy atom. The zero-order valence-electron chi connectivity index (χ0n) is 10.3. The third-order valence-corrected chi connectivity index (χ3v) is 3.49. The van der Waals surface area contributed by atoms with Gasteiger partial charge in [0, 0.05) is 6.04 Å². The lowest BCUT2D eigenvalue weighted by molar-refractivity contribution is -0.118. The van der Waals surface area contributed by atoms with Gasteiger partial charge in [-0.1, -0.05) is 12.1 Å². The number of amides is 2. The molecule has 0 heterocycles. The van der Waals surface area contributed by atoms with E-state index in [1.165, 1.54) is 23.9 Å². The van der Waals surface area contributed by atoms with Crippen LogP contribution < -0.4 is 10.6 Å². The summed E-state index contributed by atoms with van der Waals surface area (Å²) in [5.74, 6) is -0.444. The summed E-state index contributed by atoms with van der Waals surface area (Å²) in [6.45, 7) is 0. The first-order valence-electron chi connectivity index (χ1n) is 6.06. The van der Waals surface area contributed by atoms with Gasteiger partial charge >= 0.3 is 0 Å². The molecule has 0 saturated heterocycles. The lowest BCUT2D eigenvalue weighted by Crippen LogP contribution is -2.27. The lowest BCUT2D eigenvalue weighted by Gasteiger charge is -2.06. The second-order valence-corrected chi connectivity index (χ2v) is 5.35. The maximum atomic E-state index is 13.3. The van der Waals surface area contributed by atoms with E-state index in [1.807, 2.05) is 0 Å². The zero-order chi connectivity index (χ0) is 13.7. The van der Waals surface area contributed by atoms with Gasteiger partial charge in [-0.05, 0) is 25.0 Å². The molecule has 4 nitrogen and oxygen atoms in total. The zero-order valence-corrected chi connectivity index (χ0v) is 11.1. The number of halogens is 1. The van der Waals surface area contributed by atoms with Gasteiger partial charge in [-0.15, -0.1) is 11.8 Å². The van der Waals surface area contributed by atoms with Crippen LogP contribution in [0.25, 0.3) is 0 Å². The smallest absolute Gasteiger partial charge is 0.234 e. The number of anilines is 1. The van der Waals surface area contributed by atoms with Crippen LogP contribution in [0.15, 0.2) is 24.3 Å². The van der Waals surface area contributed by atoms with Gasteiger partial charge in [0.15, 0.2) is 0 Å². The summed E-state index contributed by atoms with van der Waals surface area (Å²) in [6.07, 6.45) is 2.09. The van der Waals surface area contributed by atoms with Gasteiger partial charge in [-0.2, -0.15) is 0 Å². The molecule has 1 aromatic carbocycles. The average molecular weight is 282 g/mol. The van der Waals surface area contributed by atoms with Crippen LogP contribution in [0.4, 0.5) is 10.1 Å². The molecular formula is C13H15FN2O2S. The Bertz CT molecular complexity index is 477. The monoisotopic (exact) mass is 282 g/mol. The molecule has 2 amide bonds. The molecular weight excluding hydrogens is 267 g/mol. The van der Waals surface area contributed by atoms with Crippen molar-refractivity contribution in [1.29, 1.82) is 0 Å². The van der Waals surface area contributed by atoms with E-state index in [-0.39, 0.29) is 29.0 Å². The molecule has 0 bridgehead atoms. The molecule has 0 radical (unpaired) electrons. The van der Waals surface area contributed by atoms with Crippen molar-refractivity contribution in [3.05, 3.63) is 30.1 Å². The van der Waals surface area contributed by atoms with Gasteiger partial charge < -0.3 is 10.6 Å². The number of hydrogen-bond donors (Lipinski definition) is 2. The Kier molecular flexibility index (Phi) is 4.79. The van der Waals surface area contributed by atoms with Gasteiger partial charge in [-0.3, -0.25) is 9.59 Å². The number of benzene rings is 1. The van der Waals surface area contributed by atoms with Crippen LogP contribution in [0.5, 0.6) is 0 Å². The molecule has 2 N–H and O–H groups in total. The minimum atomic E-state index is -0.465. The molecule has 0 aliphatic heterocycles. The van der Waals surface area contributed by atoms with Crippen molar-refractivity contribution in [2.75, 3.05) is 16.8 Å². The SMILES string of the molecule is O=C(CSCC(=O)NC1CC1)Nc1ccccc1F. The molecule has 1 aliphatic rings. The Labute approximate surface area is 115 Å². The highest BCUT2D eigenvalue weighted by molar-refractivity contribution is 8.00. The molecule has 2 rings (SSSR count). The van der Waals surface area contributed by atoms with Crippen molar-refractivity contribution in [3.63, 3.8) is 0 Å². The Balaban J connectivity index is 1.66. The average Bonchev–Trinajstić information content (AvgIpc) is 3.16. The van der Waals surface area contributed by atoms with Crippen molar-refractivity contribution in [2.45, 2.75) is 18.9 Å². The van der Waals surface area contributed by atoms with Gasteiger partial charge in [0.05, 0.1) is 17.2 Å². The van der Waals surface area contributed by atoms with Crippen LogP contribution in [0.3, 0.4) is 0 Å². The van der Waals surface area contributed by atoms with E-state index in [0.717, 1.165) is 12.8 Å². The highest BCUT2D eigenvalue weighted by atomic mass is 32.2.